The van der Waals surface area contributed by atoms with Crippen molar-refractivity contribution < 1.29 is 4.79 Å². The Bertz CT molecular complexity index is 1450. The SMILES string of the molecule is CN(C)CCN(C(=O)Cn1cnc2c1c(=O)n(C)c(=O)n2C)c1nc2ccc(Cl)cc2s1.Cl. The van der Waals surface area contributed by atoms with Crippen LogP contribution in [0.25, 0.3) is 21.4 Å². The van der Waals surface area contributed by atoms with Crippen LogP contribution in [0.3, 0.4) is 0 Å². The third kappa shape index (κ3) is 4.67. The molecule has 0 saturated heterocycles. The molecule has 3 aromatic heterocycles. The van der Waals surface area contributed by atoms with Gasteiger partial charge in [-0.05, 0) is 32.3 Å². The molecule has 4 rings (SSSR count). The summed E-state index contributed by atoms with van der Waals surface area (Å²) in [4.78, 5) is 50.6. The number of fused-ring (bicyclic) bond motifs is 2. The minimum absolute atomic E-state index is 0. The fourth-order valence-corrected chi connectivity index (χ4v) is 4.66. The van der Waals surface area contributed by atoms with E-state index in [1.807, 2.05) is 31.1 Å². The molecular weight excluding hydrogens is 489 g/mol. The zero-order valence-electron chi connectivity index (χ0n) is 18.5. The first-order valence-corrected chi connectivity index (χ1v) is 11.0. The van der Waals surface area contributed by atoms with E-state index in [4.69, 9.17) is 11.6 Å². The maximum atomic E-state index is 13.4. The summed E-state index contributed by atoms with van der Waals surface area (Å²) in [5, 5.41) is 1.16. The molecule has 0 saturated carbocycles. The summed E-state index contributed by atoms with van der Waals surface area (Å²) in [6.45, 7) is 0.930. The maximum Gasteiger partial charge on any atom is 0.332 e. The molecule has 0 atom stereocenters. The molecule has 0 fully saturated rings. The Morgan fingerprint density at radius 2 is 1.88 bits per heavy atom. The minimum Gasteiger partial charge on any atom is -0.315 e. The summed E-state index contributed by atoms with van der Waals surface area (Å²) in [5.74, 6) is -0.243. The molecule has 4 aromatic rings. The summed E-state index contributed by atoms with van der Waals surface area (Å²) < 4.78 is 4.66. The summed E-state index contributed by atoms with van der Waals surface area (Å²) in [7, 11) is 6.79. The molecule has 13 heteroatoms. The Hall–Kier alpha value is -2.73. The number of rotatable bonds is 6. The lowest BCUT2D eigenvalue weighted by atomic mass is 10.3. The minimum atomic E-state index is -0.497. The van der Waals surface area contributed by atoms with Gasteiger partial charge in [0.15, 0.2) is 16.3 Å². The van der Waals surface area contributed by atoms with Crippen molar-refractivity contribution in [3.05, 3.63) is 50.4 Å². The van der Waals surface area contributed by atoms with Gasteiger partial charge in [-0.15, -0.1) is 12.4 Å². The van der Waals surface area contributed by atoms with Crippen molar-refractivity contribution in [1.29, 1.82) is 0 Å². The highest BCUT2D eigenvalue weighted by Crippen LogP contribution is 2.31. The molecule has 0 aliphatic heterocycles. The lowest BCUT2D eigenvalue weighted by Crippen LogP contribution is -2.40. The number of hydrogen-bond acceptors (Lipinski definition) is 7. The zero-order chi connectivity index (χ0) is 23.2. The van der Waals surface area contributed by atoms with Crippen LogP contribution in [0.15, 0.2) is 34.1 Å². The molecule has 1 amide bonds. The van der Waals surface area contributed by atoms with Crippen molar-refractivity contribution in [3.8, 4) is 0 Å². The lowest BCUT2D eigenvalue weighted by molar-refractivity contribution is -0.119. The van der Waals surface area contributed by atoms with Gasteiger partial charge in [0.1, 0.15) is 6.54 Å². The van der Waals surface area contributed by atoms with E-state index in [1.165, 1.54) is 33.8 Å². The first-order valence-electron chi connectivity index (χ1n) is 9.79. The molecule has 0 unspecified atom stereocenters. The number of likely N-dealkylation sites (N-methyl/N-ethyl adjacent to an activating group) is 1. The number of carbonyl (C=O) groups excluding carboxylic acids is 1. The van der Waals surface area contributed by atoms with E-state index in [2.05, 4.69) is 9.97 Å². The first-order chi connectivity index (χ1) is 15.2. The zero-order valence-corrected chi connectivity index (χ0v) is 20.9. The fraction of sp³-hybridized carbons (Fsp3) is 0.350. The molecule has 0 radical (unpaired) electrons. The summed E-state index contributed by atoms with van der Waals surface area (Å²) in [6, 6.07) is 5.40. The van der Waals surface area contributed by atoms with Crippen molar-refractivity contribution in [2.45, 2.75) is 6.54 Å². The second-order valence-electron chi connectivity index (χ2n) is 7.71. The van der Waals surface area contributed by atoms with Crippen molar-refractivity contribution in [1.82, 2.24) is 28.6 Å². The Labute approximate surface area is 204 Å². The van der Waals surface area contributed by atoms with Crippen LogP contribution in [-0.4, -0.2) is 61.7 Å². The van der Waals surface area contributed by atoms with Gasteiger partial charge in [-0.2, -0.15) is 0 Å². The molecule has 0 N–H and O–H groups in total. The normalized spacial score (nSPS) is 11.3. The van der Waals surface area contributed by atoms with Crippen LogP contribution in [0.1, 0.15) is 0 Å². The van der Waals surface area contributed by atoms with Crippen LogP contribution < -0.4 is 16.1 Å². The summed E-state index contributed by atoms with van der Waals surface area (Å²) in [6.07, 6.45) is 1.41. The van der Waals surface area contributed by atoms with Gasteiger partial charge < -0.3 is 9.47 Å². The average molecular weight is 512 g/mol. The Balaban J connectivity index is 0.00000306. The number of carbonyl (C=O) groups is 1. The quantitative estimate of drug-likeness (QED) is 0.390. The first kappa shape index (κ1) is 24.9. The maximum absolute atomic E-state index is 13.4. The van der Waals surface area contributed by atoms with E-state index in [9.17, 15) is 14.4 Å². The van der Waals surface area contributed by atoms with Gasteiger partial charge in [0.25, 0.3) is 5.56 Å². The van der Waals surface area contributed by atoms with Crippen LogP contribution >= 0.6 is 35.3 Å². The highest BCUT2D eigenvalue weighted by Gasteiger charge is 2.23. The lowest BCUT2D eigenvalue weighted by Gasteiger charge is -2.22. The number of aryl methyl sites for hydroxylation is 1. The second kappa shape index (κ2) is 9.64. The molecule has 176 valence electrons. The topological polar surface area (TPSA) is 98.3 Å². The van der Waals surface area contributed by atoms with Crippen molar-refractivity contribution in [2.24, 2.45) is 14.1 Å². The number of benzene rings is 1. The third-order valence-corrected chi connectivity index (χ3v) is 6.44. The number of amides is 1. The van der Waals surface area contributed by atoms with Gasteiger partial charge >= 0.3 is 5.69 Å². The summed E-state index contributed by atoms with van der Waals surface area (Å²) >= 11 is 7.48. The van der Waals surface area contributed by atoms with Crippen LogP contribution in [0.2, 0.25) is 5.02 Å². The van der Waals surface area contributed by atoms with Crippen molar-refractivity contribution in [3.63, 3.8) is 0 Å². The molecule has 10 nitrogen and oxygen atoms in total. The van der Waals surface area contributed by atoms with Crippen LogP contribution in [0.5, 0.6) is 0 Å². The van der Waals surface area contributed by atoms with E-state index in [0.717, 1.165) is 14.8 Å². The number of anilines is 1. The van der Waals surface area contributed by atoms with E-state index in [-0.39, 0.29) is 36.0 Å². The second-order valence-corrected chi connectivity index (χ2v) is 9.15. The molecule has 3 heterocycles. The van der Waals surface area contributed by atoms with Crippen LogP contribution in [0, 0.1) is 0 Å². The molecule has 33 heavy (non-hydrogen) atoms. The van der Waals surface area contributed by atoms with Crippen LogP contribution in [-0.2, 0) is 25.4 Å². The van der Waals surface area contributed by atoms with Gasteiger partial charge in [-0.25, -0.2) is 14.8 Å². The number of thiazole rings is 1. The molecule has 0 bridgehead atoms. The molecule has 0 aliphatic carbocycles. The largest absolute Gasteiger partial charge is 0.332 e. The van der Waals surface area contributed by atoms with Gasteiger partial charge in [-0.1, -0.05) is 22.9 Å². The molecular formula is C20H23Cl2N7O3S. The molecule has 1 aromatic carbocycles. The monoisotopic (exact) mass is 511 g/mol. The number of halogens is 2. The van der Waals surface area contributed by atoms with E-state index in [0.29, 0.717) is 23.2 Å². The number of imidazole rings is 1. The predicted molar refractivity (Wildman–Crippen MR) is 133 cm³/mol. The van der Waals surface area contributed by atoms with Gasteiger partial charge in [0, 0.05) is 32.2 Å². The third-order valence-electron chi connectivity index (χ3n) is 5.16. The van der Waals surface area contributed by atoms with Crippen molar-refractivity contribution >= 4 is 67.8 Å². The van der Waals surface area contributed by atoms with Crippen molar-refractivity contribution in [2.75, 3.05) is 32.1 Å². The van der Waals surface area contributed by atoms with E-state index in [1.54, 1.807) is 18.0 Å². The number of nitrogens with zero attached hydrogens (tertiary/aromatic N) is 7. The number of aromatic nitrogens is 5. The van der Waals surface area contributed by atoms with Crippen LogP contribution in [0.4, 0.5) is 5.13 Å². The highest BCUT2D eigenvalue weighted by atomic mass is 35.5. The summed E-state index contributed by atoms with van der Waals surface area (Å²) in [5.41, 5.74) is 0.226. The Kier molecular flexibility index (Phi) is 7.27. The van der Waals surface area contributed by atoms with E-state index < -0.39 is 11.2 Å². The Morgan fingerprint density at radius 3 is 2.58 bits per heavy atom. The molecule has 0 spiro atoms. The van der Waals surface area contributed by atoms with Gasteiger partial charge in [-0.3, -0.25) is 23.6 Å². The highest BCUT2D eigenvalue weighted by molar-refractivity contribution is 7.22. The Morgan fingerprint density at radius 1 is 1.15 bits per heavy atom. The standard InChI is InChI=1S/C20H22ClN7O3S.ClH/c1-24(2)7-8-28(19-23-13-6-5-12(21)9-14(13)32-19)15(29)10-27-11-22-17-16(27)18(30)26(4)20(31)25(17)3;/h5-6,9,11H,7-8,10H2,1-4H3;1H. The smallest absolute Gasteiger partial charge is 0.315 e. The van der Waals surface area contributed by atoms with Gasteiger partial charge in [0.05, 0.1) is 16.5 Å². The van der Waals surface area contributed by atoms with E-state index >= 15 is 0 Å². The predicted octanol–water partition coefficient (Wildman–Crippen LogP) is 1.71. The van der Waals surface area contributed by atoms with Gasteiger partial charge in [0.2, 0.25) is 5.91 Å². The number of hydrogen-bond donors (Lipinski definition) is 0. The average Bonchev–Trinajstić information content (AvgIpc) is 3.34. The fourth-order valence-electron chi connectivity index (χ4n) is 3.38. The molecule has 0 aliphatic rings.